The predicted octanol–water partition coefficient (Wildman–Crippen LogP) is 2.26. The van der Waals surface area contributed by atoms with E-state index in [0.717, 1.165) is 63.9 Å². The van der Waals surface area contributed by atoms with E-state index in [9.17, 15) is 4.39 Å². The summed E-state index contributed by atoms with van der Waals surface area (Å²) >= 11 is 0. The van der Waals surface area contributed by atoms with E-state index in [-0.39, 0.29) is 5.82 Å². The number of aliphatic imine (C=N–C) groups is 1. The molecular weight excluding hydrogens is 369 g/mol. The number of nitrogens with one attached hydrogen (secondary N) is 1. The number of ether oxygens (including phenoxy) is 1. The maximum absolute atomic E-state index is 13.9. The lowest BCUT2D eigenvalue weighted by Crippen LogP contribution is -2.52. The number of methoxy groups -OCH3 is 1. The second kappa shape index (κ2) is 10.8. The Balaban J connectivity index is 1.51. The van der Waals surface area contributed by atoms with Crippen molar-refractivity contribution in [3.8, 4) is 5.75 Å². The van der Waals surface area contributed by atoms with Gasteiger partial charge in [0.1, 0.15) is 0 Å². The van der Waals surface area contributed by atoms with Gasteiger partial charge >= 0.3 is 0 Å². The quantitative estimate of drug-likeness (QED) is 0.581. The molecule has 0 radical (unpaired) electrons. The Hall–Kier alpha value is -1.86. The molecule has 2 fully saturated rings. The molecule has 1 aromatic rings. The van der Waals surface area contributed by atoms with Crippen molar-refractivity contribution < 1.29 is 9.13 Å². The van der Waals surface area contributed by atoms with Crippen LogP contribution < -0.4 is 10.1 Å². The van der Waals surface area contributed by atoms with Crippen molar-refractivity contribution in [3.63, 3.8) is 0 Å². The van der Waals surface area contributed by atoms with Crippen LogP contribution in [0.3, 0.4) is 0 Å². The lowest BCUT2D eigenvalue weighted by Gasteiger charge is -2.37. The van der Waals surface area contributed by atoms with Crippen LogP contribution in [0.2, 0.25) is 0 Å². The largest absolute Gasteiger partial charge is 0.494 e. The van der Waals surface area contributed by atoms with Crippen molar-refractivity contribution in [3.05, 3.63) is 29.6 Å². The number of piperazine rings is 1. The Labute approximate surface area is 174 Å². The van der Waals surface area contributed by atoms with Gasteiger partial charge in [-0.3, -0.25) is 9.89 Å². The summed E-state index contributed by atoms with van der Waals surface area (Å²) in [5, 5.41) is 3.47. The Morgan fingerprint density at radius 1 is 1.24 bits per heavy atom. The normalized spacial score (nSPS) is 22.0. The van der Waals surface area contributed by atoms with Crippen LogP contribution in [0.15, 0.2) is 23.2 Å². The zero-order valence-electron chi connectivity index (χ0n) is 18.2. The number of likely N-dealkylation sites (tertiary alicyclic amines) is 1. The topological polar surface area (TPSA) is 43.3 Å². The van der Waals surface area contributed by atoms with Crippen LogP contribution in [0.5, 0.6) is 5.75 Å². The summed E-state index contributed by atoms with van der Waals surface area (Å²) in [4.78, 5) is 12.1. The van der Waals surface area contributed by atoms with Crippen LogP contribution in [-0.2, 0) is 6.54 Å². The summed E-state index contributed by atoms with van der Waals surface area (Å²) in [5.74, 6) is 1.71. The van der Waals surface area contributed by atoms with Gasteiger partial charge in [-0.05, 0) is 57.0 Å². The van der Waals surface area contributed by atoms with E-state index >= 15 is 0 Å². The van der Waals surface area contributed by atoms with E-state index in [1.54, 1.807) is 12.1 Å². The average Bonchev–Trinajstić information content (AvgIpc) is 2.72. The molecule has 0 aliphatic carbocycles. The molecule has 2 heterocycles. The van der Waals surface area contributed by atoms with E-state index < -0.39 is 0 Å². The molecule has 29 heavy (non-hydrogen) atoms. The summed E-state index contributed by atoms with van der Waals surface area (Å²) in [6, 6.07) is 5.23. The van der Waals surface area contributed by atoms with Crippen molar-refractivity contribution >= 4 is 5.96 Å². The lowest BCUT2D eigenvalue weighted by molar-refractivity contribution is 0.171. The molecule has 0 aromatic heterocycles. The van der Waals surface area contributed by atoms with Gasteiger partial charge in [0.2, 0.25) is 0 Å². The molecule has 2 aliphatic rings. The molecule has 1 N–H and O–H groups in total. The van der Waals surface area contributed by atoms with E-state index in [2.05, 4.69) is 34.0 Å². The predicted molar refractivity (Wildman–Crippen MR) is 116 cm³/mol. The number of piperidine rings is 1. The number of halogens is 1. The highest BCUT2D eigenvalue weighted by molar-refractivity contribution is 5.80. The summed E-state index contributed by atoms with van der Waals surface area (Å²) < 4.78 is 18.9. The molecule has 6 nitrogen and oxygen atoms in total. The van der Waals surface area contributed by atoms with E-state index in [0.29, 0.717) is 11.7 Å². The van der Waals surface area contributed by atoms with Gasteiger partial charge in [-0.1, -0.05) is 6.07 Å². The molecule has 0 bridgehead atoms. The number of nitrogens with zero attached hydrogens (tertiary/aromatic N) is 4. The molecule has 1 aromatic carbocycles. The summed E-state index contributed by atoms with van der Waals surface area (Å²) in [7, 11) is 3.70. The van der Waals surface area contributed by atoms with Gasteiger partial charge in [0, 0.05) is 52.4 Å². The highest BCUT2D eigenvalue weighted by Crippen LogP contribution is 2.19. The van der Waals surface area contributed by atoms with Crippen molar-refractivity contribution in [2.45, 2.75) is 26.3 Å². The Morgan fingerprint density at radius 3 is 2.69 bits per heavy atom. The van der Waals surface area contributed by atoms with Crippen molar-refractivity contribution in [2.24, 2.45) is 10.9 Å². The Kier molecular flexibility index (Phi) is 8.12. The Morgan fingerprint density at radius 2 is 2.03 bits per heavy atom. The van der Waals surface area contributed by atoms with Crippen LogP contribution in [0.25, 0.3) is 0 Å². The molecule has 0 amide bonds. The minimum atomic E-state index is -0.293. The third-order valence-corrected chi connectivity index (χ3v) is 5.85. The van der Waals surface area contributed by atoms with Crippen LogP contribution in [-0.4, -0.2) is 87.2 Å². The van der Waals surface area contributed by atoms with Crippen LogP contribution in [0.4, 0.5) is 4.39 Å². The van der Waals surface area contributed by atoms with Crippen LogP contribution in [0.1, 0.15) is 25.3 Å². The third-order valence-electron chi connectivity index (χ3n) is 5.85. The fraction of sp³-hybridized carbons (Fsp3) is 0.682. The maximum atomic E-state index is 13.9. The van der Waals surface area contributed by atoms with Gasteiger partial charge in [-0.15, -0.1) is 0 Å². The molecule has 1 atom stereocenters. The zero-order chi connectivity index (χ0) is 20.6. The van der Waals surface area contributed by atoms with E-state index in [4.69, 9.17) is 9.73 Å². The summed E-state index contributed by atoms with van der Waals surface area (Å²) in [6.07, 6.45) is 2.55. The first-order chi connectivity index (χ1) is 14.1. The lowest BCUT2D eigenvalue weighted by atomic mass is 9.99. The van der Waals surface area contributed by atoms with Crippen LogP contribution in [0, 0.1) is 11.7 Å². The van der Waals surface area contributed by atoms with E-state index in [1.807, 2.05) is 6.07 Å². The SMILES string of the molecule is CCNC(=NCC1CCCN(C)C1)N1CCN(Cc2ccc(OC)c(F)c2)CC1. The minimum absolute atomic E-state index is 0.293. The number of benzene rings is 1. The summed E-state index contributed by atoms with van der Waals surface area (Å²) in [5.41, 5.74) is 0.985. The monoisotopic (exact) mass is 405 g/mol. The number of hydrogen-bond donors (Lipinski definition) is 1. The average molecular weight is 406 g/mol. The smallest absolute Gasteiger partial charge is 0.194 e. The molecule has 2 aliphatic heterocycles. The molecular formula is C22H36FN5O. The molecule has 0 saturated carbocycles. The third kappa shape index (κ3) is 6.31. The molecule has 162 valence electrons. The highest BCUT2D eigenvalue weighted by atomic mass is 19.1. The molecule has 7 heteroatoms. The second-order valence-corrected chi connectivity index (χ2v) is 8.20. The second-order valence-electron chi connectivity index (χ2n) is 8.20. The van der Waals surface area contributed by atoms with Gasteiger partial charge in [0.05, 0.1) is 7.11 Å². The van der Waals surface area contributed by atoms with Crippen molar-refractivity contribution in [1.82, 2.24) is 20.0 Å². The number of guanidine groups is 1. The van der Waals surface area contributed by atoms with Crippen LogP contribution >= 0.6 is 0 Å². The van der Waals surface area contributed by atoms with Crippen molar-refractivity contribution in [2.75, 3.05) is 66.5 Å². The molecule has 0 spiro atoms. The fourth-order valence-corrected chi connectivity index (χ4v) is 4.25. The summed E-state index contributed by atoms with van der Waals surface area (Å²) in [6.45, 7) is 10.8. The minimum Gasteiger partial charge on any atom is -0.494 e. The first kappa shape index (κ1) is 21.8. The van der Waals surface area contributed by atoms with Gasteiger partial charge in [-0.25, -0.2) is 4.39 Å². The first-order valence-corrected chi connectivity index (χ1v) is 10.9. The zero-order valence-corrected chi connectivity index (χ0v) is 18.2. The molecule has 2 saturated heterocycles. The Bertz CT molecular complexity index is 675. The fourth-order valence-electron chi connectivity index (χ4n) is 4.25. The van der Waals surface area contributed by atoms with Gasteiger partial charge in [0.25, 0.3) is 0 Å². The highest BCUT2D eigenvalue weighted by Gasteiger charge is 2.21. The number of rotatable bonds is 6. The molecule has 3 rings (SSSR count). The first-order valence-electron chi connectivity index (χ1n) is 10.9. The van der Waals surface area contributed by atoms with Gasteiger partial charge < -0.3 is 19.9 Å². The number of hydrogen-bond acceptors (Lipinski definition) is 4. The standard InChI is InChI=1S/C22H36FN5O/c1-4-24-22(25-15-19-6-5-9-26(2)16-19)28-12-10-27(11-13-28)17-18-7-8-21(29-3)20(23)14-18/h7-8,14,19H,4-6,9-13,15-17H2,1-3H3,(H,24,25). The molecule has 1 unspecified atom stereocenters. The van der Waals surface area contributed by atoms with Gasteiger partial charge in [-0.2, -0.15) is 0 Å². The van der Waals surface area contributed by atoms with Gasteiger partial charge in [0.15, 0.2) is 17.5 Å². The van der Waals surface area contributed by atoms with E-state index in [1.165, 1.54) is 26.5 Å². The van der Waals surface area contributed by atoms with Crippen molar-refractivity contribution in [1.29, 1.82) is 0 Å². The maximum Gasteiger partial charge on any atom is 0.194 e.